The van der Waals surface area contributed by atoms with Crippen molar-refractivity contribution in [2.24, 2.45) is 0 Å². The fourth-order valence-electron chi connectivity index (χ4n) is 3.66. The first-order chi connectivity index (χ1) is 14.7. The number of rotatable bonds is 4. The standard InChI is InChI=1S/C23H21N3O4S/c1-13-6-4-5-7-17(13)18-9-8-16(10-14(18)2)26-31(29,30)21-12-20-19(11-15(21)3)24-22(27)23(28)25-20/h4-12,26H,1-3H3,(H,24,27)(H,25,28). The van der Waals surface area contributed by atoms with Crippen LogP contribution in [0.4, 0.5) is 5.69 Å². The smallest absolute Gasteiger partial charge is 0.314 e. The molecule has 1 heterocycles. The molecule has 31 heavy (non-hydrogen) atoms. The minimum Gasteiger partial charge on any atom is -0.316 e. The molecule has 3 N–H and O–H groups in total. The summed E-state index contributed by atoms with van der Waals surface area (Å²) in [4.78, 5) is 28.0. The summed E-state index contributed by atoms with van der Waals surface area (Å²) in [6, 6.07) is 16.3. The van der Waals surface area contributed by atoms with Crippen LogP contribution in [0, 0.1) is 20.8 Å². The molecule has 0 aliphatic heterocycles. The lowest BCUT2D eigenvalue weighted by atomic mass is 9.96. The van der Waals surface area contributed by atoms with E-state index in [0.29, 0.717) is 16.8 Å². The Labute approximate surface area is 178 Å². The Kier molecular flexibility index (Phi) is 5.02. The van der Waals surface area contributed by atoms with Gasteiger partial charge < -0.3 is 9.97 Å². The normalized spacial score (nSPS) is 11.6. The van der Waals surface area contributed by atoms with E-state index in [9.17, 15) is 18.0 Å². The number of fused-ring (bicyclic) bond motifs is 1. The Morgan fingerprint density at radius 2 is 1.32 bits per heavy atom. The monoisotopic (exact) mass is 435 g/mol. The maximum absolute atomic E-state index is 13.1. The number of aryl methyl sites for hydroxylation is 3. The third kappa shape index (κ3) is 3.89. The zero-order valence-corrected chi connectivity index (χ0v) is 18.1. The zero-order chi connectivity index (χ0) is 22.3. The van der Waals surface area contributed by atoms with E-state index in [2.05, 4.69) is 14.7 Å². The fraction of sp³-hybridized carbons (Fsp3) is 0.130. The molecule has 4 aromatic rings. The predicted molar refractivity (Wildman–Crippen MR) is 122 cm³/mol. The highest BCUT2D eigenvalue weighted by Gasteiger charge is 2.19. The van der Waals surface area contributed by atoms with Crippen molar-refractivity contribution in [2.45, 2.75) is 25.7 Å². The minimum atomic E-state index is -3.92. The molecule has 0 saturated carbocycles. The molecule has 0 atom stereocenters. The van der Waals surface area contributed by atoms with Gasteiger partial charge in [-0.2, -0.15) is 0 Å². The van der Waals surface area contributed by atoms with E-state index in [4.69, 9.17) is 0 Å². The van der Waals surface area contributed by atoms with Gasteiger partial charge in [0.15, 0.2) is 0 Å². The van der Waals surface area contributed by atoms with Crippen LogP contribution in [0.25, 0.3) is 22.2 Å². The molecule has 0 unspecified atom stereocenters. The van der Waals surface area contributed by atoms with Crippen LogP contribution in [0.2, 0.25) is 0 Å². The van der Waals surface area contributed by atoms with E-state index in [1.807, 2.05) is 44.2 Å². The Bertz CT molecular complexity index is 1550. The van der Waals surface area contributed by atoms with Crippen LogP contribution in [-0.4, -0.2) is 18.4 Å². The molecule has 0 amide bonds. The van der Waals surface area contributed by atoms with Crippen LogP contribution >= 0.6 is 0 Å². The molecule has 0 radical (unpaired) electrons. The summed E-state index contributed by atoms with van der Waals surface area (Å²) in [6.45, 7) is 5.59. The molecule has 0 aliphatic rings. The number of nitrogens with one attached hydrogen (secondary N) is 3. The second-order valence-corrected chi connectivity index (χ2v) is 9.17. The SMILES string of the molecule is Cc1ccccc1-c1ccc(NS(=O)(=O)c2cc3[nH]c(=O)c(=O)[nH]c3cc2C)cc1C. The summed E-state index contributed by atoms with van der Waals surface area (Å²) in [5.41, 5.74) is 4.05. The molecule has 0 bridgehead atoms. The molecular formula is C23H21N3O4S. The van der Waals surface area contributed by atoms with Crippen molar-refractivity contribution in [1.29, 1.82) is 0 Å². The topological polar surface area (TPSA) is 112 Å². The van der Waals surface area contributed by atoms with Crippen LogP contribution in [0.5, 0.6) is 0 Å². The van der Waals surface area contributed by atoms with Gasteiger partial charge in [0.05, 0.1) is 15.9 Å². The van der Waals surface area contributed by atoms with Crippen LogP contribution in [0.1, 0.15) is 16.7 Å². The summed E-state index contributed by atoms with van der Waals surface area (Å²) >= 11 is 0. The lowest BCUT2D eigenvalue weighted by molar-refractivity contribution is 0.600. The van der Waals surface area contributed by atoms with Crippen molar-refractivity contribution in [2.75, 3.05) is 4.72 Å². The first-order valence-electron chi connectivity index (χ1n) is 9.62. The molecular weight excluding hydrogens is 414 g/mol. The van der Waals surface area contributed by atoms with Crippen molar-refractivity contribution in [3.8, 4) is 11.1 Å². The fourth-order valence-corrected chi connectivity index (χ4v) is 4.96. The number of hydrogen-bond acceptors (Lipinski definition) is 4. The second-order valence-electron chi connectivity index (χ2n) is 7.52. The van der Waals surface area contributed by atoms with E-state index in [1.54, 1.807) is 19.1 Å². The van der Waals surface area contributed by atoms with Gasteiger partial charge in [-0.1, -0.05) is 30.3 Å². The summed E-state index contributed by atoms with van der Waals surface area (Å²) < 4.78 is 28.7. The first kappa shape index (κ1) is 20.6. The van der Waals surface area contributed by atoms with Crippen molar-refractivity contribution in [1.82, 2.24) is 9.97 Å². The van der Waals surface area contributed by atoms with Crippen molar-refractivity contribution < 1.29 is 8.42 Å². The van der Waals surface area contributed by atoms with Gasteiger partial charge in [-0.3, -0.25) is 14.3 Å². The molecule has 0 saturated heterocycles. The first-order valence-corrected chi connectivity index (χ1v) is 11.1. The Hall–Kier alpha value is -3.65. The zero-order valence-electron chi connectivity index (χ0n) is 17.2. The number of anilines is 1. The minimum absolute atomic E-state index is 0.0170. The molecule has 4 rings (SSSR count). The summed E-state index contributed by atoms with van der Waals surface area (Å²) in [7, 11) is -3.92. The van der Waals surface area contributed by atoms with Gasteiger partial charge in [-0.25, -0.2) is 8.42 Å². The number of H-pyrrole nitrogens is 2. The highest BCUT2D eigenvalue weighted by molar-refractivity contribution is 7.92. The van der Waals surface area contributed by atoms with Crippen molar-refractivity contribution in [3.63, 3.8) is 0 Å². The maximum atomic E-state index is 13.1. The third-order valence-corrected chi connectivity index (χ3v) is 6.74. The van der Waals surface area contributed by atoms with Gasteiger partial charge >= 0.3 is 11.1 Å². The third-order valence-electron chi connectivity index (χ3n) is 5.22. The van der Waals surface area contributed by atoms with Gasteiger partial charge in [0.2, 0.25) is 0 Å². The average Bonchev–Trinajstić information content (AvgIpc) is 2.69. The maximum Gasteiger partial charge on any atom is 0.314 e. The molecule has 7 nitrogen and oxygen atoms in total. The number of benzene rings is 3. The Morgan fingerprint density at radius 3 is 1.97 bits per heavy atom. The summed E-state index contributed by atoms with van der Waals surface area (Å²) in [5.74, 6) is 0. The number of aromatic amines is 2. The van der Waals surface area contributed by atoms with E-state index in [1.165, 1.54) is 12.1 Å². The highest BCUT2D eigenvalue weighted by Crippen LogP contribution is 2.30. The Balaban J connectivity index is 1.72. The van der Waals surface area contributed by atoms with E-state index >= 15 is 0 Å². The second kappa shape index (κ2) is 7.55. The predicted octanol–water partition coefficient (Wildman–Crippen LogP) is 3.61. The van der Waals surface area contributed by atoms with Gasteiger partial charge in [0.1, 0.15) is 0 Å². The Morgan fingerprint density at radius 1 is 0.710 bits per heavy atom. The van der Waals surface area contributed by atoms with Gasteiger partial charge in [0, 0.05) is 5.69 Å². The van der Waals surface area contributed by atoms with Crippen molar-refractivity contribution in [3.05, 3.63) is 92.0 Å². The number of hydrogen-bond donors (Lipinski definition) is 3. The van der Waals surface area contributed by atoms with Gasteiger partial charge in [0.25, 0.3) is 10.0 Å². The number of aromatic nitrogens is 2. The summed E-state index contributed by atoms with van der Waals surface area (Å²) in [6.07, 6.45) is 0. The van der Waals surface area contributed by atoms with Gasteiger partial charge in [-0.15, -0.1) is 0 Å². The highest BCUT2D eigenvalue weighted by atomic mass is 32.2. The molecule has 1 aromatic heterocycles. The quantitative estimate of drug-likeness (QED) is 0.425. The van der Waals surface area contributed by atoms with Crippen LogP contribution < -0.4 is 15.8 Å². The lowest BCUT2D eigenvalue weighted by Crippen LogP contribution is -2.29. The van der Waals surface area contributed by atoms with Crippen LogP contribution in [0.15, 0.2) is 69.1 Å². The van der Waals surface area contributed by atoms with Crippen LogP contribution in [0.3, 0.4) is 0 Å². The largest absolute Gasteiger partial charge is 0.316 e. The molecule has 0 spiro atoms. The molecule has 3 aromatic carbocycles. The van der Waals surface area contributed by atoms with E-state index in [-0.39, 0.29) is 10.4 Å². The average molecular weight is 436 g/mol. The molecule has 0 aliphatic carbocycles. The van der Waals surface area contributed by atoms with Crippen LogP contribution in [-0.2, 0) is 10.0 Å². The molecule has 8 heteroatoms. The summed E-state index contributed by atoms with van der Waals surface area (Å²) in [5, 5.41) is 0. The van der Waals surface area contributed by atoms with E-state index < -0.39 is 21.1 Å². The molecule has 158 valence electrons. The van der Waals surface area contributed by atoms with Gasteiger partial charge in [-0.05, 0) is 72.9 Å². The number of sulfonamides is 1. The molecule has 0 fully saturated rings. The van der Waals surface area contributed by atoms with E-state index in [0.717, 1.165) is 22.3 Å². The van der Waals surface area contributed by atoms with Crippen molar-refractivity contribution >= 4 is 26.7 Å². The lowest BCUT2D eigenvalue weighted by Gasteiger charge is -2.14.